The first-order chi connectivity index (χ1) is 7.25. The van der Waals surface area contributed by atoms with E-state index >= 15 is 0 Å². The second-order valence-corrected chi connectivity index (χ2v) is 3.60. The van der Waals surface area contributed by atoms with Crippen LogP contribution in [0.2, 0.25) is 5.28 Å². The number of aromatic nitrogens is 3. The fourth-order valence-electron chi connectivity index (χ4n) is 1.67. The van der Waals surface area contributed by atoms with E-state index in [1.165, 1.54) is 0 Å². The summed E-state index contributed by atoms with van der Waals surface area (Å²) in [5.74, 6) is 0.440. The first kappa shape index (κ1) is 8.49. The highest BCUT2D eigenvalue weighted by atomic mass is 35.5. The van der Waals surface area contributed by atoms with Gasteiger partial charge in [-0.15, -0.1) is 5.10 Å². The van der Waals surface area contributed by atoms with E-state index in [4.69, 9.17) is 17.3 Å². The topological polar surface area (TPSA) is 56.2 Å². The molecule has 74 valence electrons. The van der Waals surface area contributed by atoms with Crippen molar-refractivity contribution in [3.8, 4) is 0 Å². The lowest BCUT2D eigenvalue weighted by molar-refractivity contribution is 0.941. The summed E-state index contributed by atoms with van der Waals surface area (Å²) in [6.07, 6.45) is 0. The Balaban J connectivity index is 2.63. The highest BCUT2D eigenvalue weighted by Crippen LogP contribution is 2.22. The molecule has 0 aliphatic carbocycles. The second-order valence-electron chi connectivity index (χ2n) is 3.26. The maximum atomic E-state index is 5.98. The molecule has 4 nitrogen and oxygen atoms in total. The molecule has 2 heterocycles. The minimum Gasteiger partial charge on any atom is -0.382 e. The SMILES string of the molecule is Nc1cc2c3ccccc3nc(Cl)n2n1. The van der Waals surface area contributed by atoms with Crippen molar-refractivity contribution in [3.63, 3.8) is 0 Å². The van der Waals surface area contributed by atoms with Crippen molar-refractivity contribution in [2.45, 2.75) is 0 Å². The molecular weight excluding hydrogens is 212 g/mol. The zero-order chi connectivity index (χ0) is 10.4. The number of rotatable bonds is 0. The largest absolute Gasteiger partial charge is 0.382 e. The fraction of sp³-hybridized carbons (Fsp3) is 0. The monoisotopic (exact) mass is 218 g/mol. The van der Waals surface area contributed by atoms with Gasteiger partial charge in [0.25, 0.3) is 0 Å². The van der Waals surface area contributed by atoms with Crippen LogP contribution >= 0.6 is 11.6 Å². The average molecular weight is 219 g/mol. The van der Waals surface area contributed by atoms with Crippen molar-refractivity contribution < 1.29 is 0 Å². The predicted molar refractivity (Wildman–Crippen MR) is 59.9 cm³/mol. The molecule has 0 amide bonds. The van der Waals surface area contributed by atoms with E-state index in [1.54, 1.807) is 10.6 Å². The predicted octanol–water partition coefficient (Wildman–Crippen LogP) is 2.12. The van der Waals surface area contributed by atoms with E-state index in [2.05, 4.69) is 10.1 Å². The van der Waals surface area contributed by atoms with Gasteiger partial charge in [-0.1, -0.05) is 18.2 Å². The summed E-state index contributed by atoms with van der Waals surface area (Å²) >= 11 is 5.98. The van der Waals surface area contributed by atoms with E-state index in [1.807, 2.05) is 24.3 Å². The number of hydrogen-bond acceptors (Lipinski definition) is 3. The normalized spacial score (nSPS) is 11.3. The smallest absolute Gasteiger partial charge is 0.224 e. The van der Waals surface area contributed by atoms with E-state index < -0.39 is 0 Å². The van der Waals surface area contributed by atoms with Crippen LogP contribution in [0.15, 0.2) is 30.3 Å². The number of halogens is 1. The van der Waals surface area contributed by atoms with Gasteiger partial charge in [-0.3, -0.25) is 0 Å². The Labute approximate surface area is 90.3 Å². The van der Waals surface area contributed by atoms with Crippen LogP contribution in [0.25, 0.3) is 16.4 Å². The van der Waals surface area contributed by atoms with Gasteiger partial charge in [0.15, 0.2) is 0 Å². The molecule has 15 heavy (non-hydrogen) atoms. The van der Waals surface area contributed by atoms with Gasteiger partial charge in [-0.2, -0.15) is 0 Å². The van der Waals surface area contributed by atoms with Gasteiger partial charge >= 0.3 is 0 Å². The molecule has 3 rings (SSSR count). The van der Waals surface area contributed by atoms with Crippen LogP contribution in [0.1, 0.15) is 0 Å². The Hall–Kier alpha value is -1.81. The molecule has 0 bridgehead atoms. The lowest BCUT2D eigenvalue weighted by atomic mass is 10.2. The summed E-state index contributed by atoms with van der Waals surface area (Å²) < 4.78 is 1.54. The number of para-hydroxylation sites is 1. The number of fused-ring (bicyclic) bond motifs is 3. The standard InChI is InChI=1S/C10H7ClN4/c11-10-13-7-4-2-1-3-6(7)8-5-9(12)14-15(8)10/h1-5H,(H2,12,14). The van der Waals surface area contributed by atoms with Gasteiger partial charge in [-0.25, -0.2) is 9.50 Å². The molecule has 0 saturated heterocycles. The number of benzene rings is 1. The Bertz CT molecular complexity index is 659. The molecule has 5 heteroatoms. The number of nitrogen functional groups attached to an aromatic ring is 1. The highest BCUT2D eigenvalue weighted by Gasteiger charge is 2.08. The average Bonchev–Trinajstić information content (AvgIpc) is 2.61. The summed E-state index contributed by atoms with van der Waals surface area (Å²) in [7, 11) is 0. The maximum Gasteiger partial charge on any atom is 0.224 e. The van der Waals surface area contributed by atoms with Crippen LogP contribution in [0, 0.1) is 0 Å². The highest BCUT2D eigenvalue weighted by molar-refractivity contribution is 6.29. The summed E-state index contributed by atoms with van der Waals surface area (Å²) in [4.78, 5) is 4.23. The molecule has 0 aliphatic rings. The van der Waals surface area contributed by atoms with E-state index in [-0.39, 0.29) is 0 Å². The van der Waals surface area contributed by atoms with Crippen LogP contribution < -0.4 is 5.73 Å². The summed E-state index contributed by atoms with van der Waals surface area (Å²) in [6.45, 7) is 0. The molecule has 0 atom stereocenters. The van der Waals surface area contributed by atoms with Crippen molar-refractivity contribution in [1.82, 2.24) is 14.6 Å². The first-order valence-corrected chi connectivity index (χ1v) is 4.83. The van der Waals surface area contributed by atoms with E-state index in [0.717, 1.165) is 16.4 Å². The number of hydrogen-bond donors (Lipinski definition) is 1. The number of nitrogens with two attached hydrogens (primary N) is 1. The lowest BCUT2D eigenvalue weighted by Gasteiger charge is -2.00. The van der Waals surface area contributed by atoms with Crippen LogP contribution in [-0.4, -0.2) is 14.6 Å². The molecule has 0 fully saturated rings. The van der Waals surface area contributed by atoms with Gasteiger partial charge in [0.2, 0.25) is 5.28 Å². The van der Waals surface area contributed by atoms with E-state index in [9.17, 15) is 0 Å². The first-order valence-electron chi connectivity index (χ1n) is 4.45. The Morgan fingerprint density at radius 2 is 2.07 bits per heavy atom. The zero-order valence-electron chi connectivity index (χ0n) is 7.68. The van der Waals surface area contributed by atoms with Crippen LogP contribution in [-0.2, 0) is 0 Å². The van der Waals surface area contributed by atoms with Crippen molar-refractivity contribution in [2.24, 2.45) is 0 Å². The zero-order valence-corrected chi connectivity index (χ0v) is 8.44. The van der Waals surface area contributed by atoms with Crippen LogP contribution in [0.5, 0.6) is 0 Å². The minimum absolute atomic E-state index is 0.320. The number of anilines is 1. The third kappa shape index (κ3) is 1.15. The molecule has 2 N–H and O–H groups in total. The maximum absolute atomic E-state index is 5.98. The van der Waals surface area contributed by atoms with Gasteiger partial charge in [0, 0.05) is 11.5 Å². The molecule has 2 aromatic heterocycles. The Morgan fingerprint density at radius 3 is 2.93 bits per heavy atom. The quantitative estimate of drug-likeness (QED) is 0.588. The van der Waals surface area contributed by atoms with Crippen molar-refractivity contribution in [1.29, 1.82) is 0 Å². The third-order valence-corrected chi connectivity index (χ3v) is 2.54. The molecule has 0 aliphatic heterocycles. The van der Waals surface area contributed by atoms with E-state index in [0.29, 0.717) is 11.1 Å². The van der Waals surface area contributed by atoms with Crippen LogP contribution in [0.4, 0.5) is 5.82 Å². The molecule has 1 aromatic carbocycles. The molecule has 0 saturated carbocycles. The van der Waals surface area contributed by atoms with Crippen molar-refractivity contribution >= 4 is 33.8 Å². The molecule has 0 radical (unpaired) electrons. The summed E-state index contributed by atoms with van der Waals surface area (Å²) in [6, 6.07) is 9.53. The van der Waals surface area contributed by atoms with Gasteiger partial charge in [0.05, 0.1) is 11.0 Å². The van der Waals surface area contributed by atoms with Gasteiger partial charge in [-0.05, 0) is 17.7 Å². The third-order valence-electron chi connectivity index (χ3n) is 2.30. The van der Waals surface area contributed by atoms with Crippen LogP contribution in [0.3, 0.4) is 0 Å². The van der Waals surface area contributed by atoms with Crippen molar-refractivity contribution in [2.75, 3.05) is 5.73 Å². The Morgan fingerprint density at radius 1 is 1.27 bits per heavy atom. The fourth-order valence-corrected chi connectivity index (χ4v) is 1.89. The lowest BCUT2D eigenvalue weighted by Crippen LogP contribution is -1.94. The minimum atomic E-state index is 0.320. The summed E-state index contributed by atoms with van der Waals surface area (Å²) in [5.41, 5.74) is 7.35. The van der Waals surface area contributed by atoms with Crippen molar-refractivity contribution in [3.05, 3.63) is 35.6 Å². The van der Waals surface area contributed by atoms with Gasteiger partial charge < -0.3 is 5.73 Å². The second kappa shape index (κ2) is 2.84. The Kier molecular flexibility index (Phi) is 1.61. The molecular formula is C10H7ClN4. The van der Waals surface area contributed by atoms with Gasteiger partial charge in [0.1, 0.15) is 5.82 Å². The molecule has 3 aromatic rings. The summed E-state index contributed by atoms with van der Waals surface area (Å²) in [5, 5.41) is 5.37. The number of nitrogens with zero attached hydrogens (tertiary/aromatic N) is 3. The molecule has 0 unspecified atom stereocenters. The molecule has 0 spiro atoms.